The molecule has 0 amide bonds. The van der Waals surface area contributed by atoms with Gasteiger partial charge in [0.15, 0.2) is 18.9 Å². The summed E-state index contributed by atoms with van der Waals surface area (Å²) in [4.78, 5) is 33.2. The Bertz CT molecular complexity index is 1310. The van der Waals surface area contributed by atoms with Gasteiger partial charge in [0.2, 0.25) is 0 Å². The summed E-state index contributed by atoms with van der Waals surface area (Å²) in [5.41, 5.74) is 0. The third kappa shape index (κ3) is 11.7. The van der Waals surface area contributed by atoms with Crippen LogP contribution in [0.5, 0.6) is 0 Å². The molecule has 4 aliphatic rings. The number of methoxy groups -OCH3 is 1. The van der Waals surface area contributed by atoms with Gasteiger partial charge in [-0.3, -0.25) is 0 Å². The van der Waals surface area contributed by atoms with Crippen LogP contribution in [0.2, 0.25) is 0 Å². The maximum Gasteiger partial charge on any atom is 0.329 e. The van der Waals surface area contributed by atoms with Gasteiger partial charge in [-0.2, -0.15) is 0 Å². The van der Waals surface area contributed by atoms with Crippen molar-refractivity contribution < 1.29 is 128 Å². The maximum atomic E-state index is 11.5. The summed E-state index contributed by atoms with van der Waals surface area (Å²) < 4.78 is 60.4. The molecule has 0 aromatic carbocycles. The molecule has 26 heteroatoms. The largest absolute Gasteiger partial charge is 0.548 e. The highest BCUT2D eigenvalue weighted by Crippen LogP contribution is 2.35. The first-order chi connectivity index (χ1) is 27.4. The van der Waals surface area contributed by atoms with Gasteiger partial charge in [-0.15, -0.1) is 0 Å². The predicted molar refractivity (Wildman–Crippen MR) is 171 cm³/mol. The van der Waals surface area contributed by atoms with Crippen molar-refractivity contribution in [2.45, 2.75) is 130 Å². The zero-order valence-electron chi connectivity index (χ0n) is 31.0. The van der Waals surface area contributed by atoms with Crippen LogP contribution in [0, 0.1) is 0 Å². The Morgan fingerprint density at radius 1 is 0.534 bits per heavy atom. The Kier molecular flexibility index (Phi) is 18.2. The Morgan fingerprint density at radius 2 is 0.966 bits per heavy atom. The van der Waals surface area contributed by atoms with Crippen LogP contribution < -0.4 is 10.2 Å². The van der Waals surface area contributed by atoms with Gasteiger partial charge in [0.25, 0.3) is 0 Å². The minimum absolute atomic E-state index is 0.475. The molecule has 0 aromatic rings. The van der Waals surface area contributed by atoms with E-state index in [1.807, 2.05) is 0 Å². The predicted octanol–water partition coefficient (Wildman–Crippen LogP) is -10.4. The Balaban J connectivity index is 1.52. The number of carbonyl (C=O) groups excluding carboxylic acids is 2. The molecule has 4 aliphatic heterocycles. The lowest BCUT2D eigenvalue weighted by Crippen LogP contribution is -2.68. The zero-order chi connectivity index (χ0) is 43.0. The molecular weight excluding hydrogens is 800 g/mol. The summed E-state index contributed by atoms with van der Waals surface area (Å²) in [5, 5.41) is 128. The van der Waals surface area contributed by atoms with Crippen molar-refractivity contribution in [3.63, 3.8) is 0 Å². The molecular formula is C32H50O26-2. The number of carboxylic acid groups (broad SMARTS) is 3. The number of carbonyl (C=O) groups is 3. The number of carboxylic acids is 3. The summed E-state index contributed by atoms with van der Waals surface area (Å²) >= 11 is 0. The van der Waals surface area contributed by atoms with Crippen LogP contribution in [0.3, 0.4) is 0 Å². The monoisotopic (exact) mass is 850 g/mol. The molecule has 336 valence electrons. The first-order valence-electron chi connectivity index (χ1n) is 17.9. The highest BCUT2D eigenvalue weighted by molar-refractivity contribution is 5.68. The fourth-order valence-electron chi connectivity index (χ4n) is 6.85. The van der Waals surface area contributed by atoms with Gasteiger partial charge in [0.05, 0.1) is 57.7 Å². The number of ether oxygens (including phenoxy) is 11. The molecule has 0 aromatic heterocycles. The molecule has 4 saturated heterocycles. The van der Waals surface area contributed by atoms with E-state index in [1.54, 1.807) is 0 Å². The SMILES string of the molecule is CO[C@@H]1C(COCC(=O)[O-])O[C@@H](O[C@@H]2C(CO)O[C@@H](O[C@@H]3C(CO)O[C@@H](O[C@@H]4C(COCC(=O)O)O[C@@H](C)C(O)C4O)C(O)[C@H]3O)C(OCC(=O)[O-])C2O)C(O)[C@H]1O. The minimum atomic E-state index is -2.09. The van der Waals surface area contributed by atoms with E-state index < -0.39 is 187 Å². The van der Waals surface area contributed by atoms with Crippen molar-refractivity contribution >= 4 is 17.9 Å². The standard InChI is InChI=1S/C32H52O26/c1-10-18(41)19(42)28(14(52-10)6-50-8-16(37)38)57-30-23(46)21(44)26(11(3-33)53-30)58-32-29(51-9-17(39)40)24(47)27(12(4-34)54-32)56-31-22(45)20(43)25(48-2)13(55-31)5-49-7-15(35)36/h10-14,18-34,41-47H,3-9H2,1-2H3,(H,35,36)(H,37,38)(H,39,40)/p-2/t10-,11?,12?,13?,14?,18?,19?,20+,21+,22?,23?,24?,25+,26+,27+,28+,29?,30-,31-,32-/m0/s1. The fraction of sp³-hybridized carbons (Fsp3) is 0.906. The third-order valence-electron chi connectivity index (χ3n) is 9.73. The second kappa shape index (κ2) is 21.9. The van der Waals surface area contributed by atoms with Crippen molar-refractivity contribution in [3.05, 3.63) is 0 Å². The van der Waals surface area contributed by atoms with Gasteiger partial charge in [-0.1, -0.05) is 0 Å². The zero-order valence-corrected chi connectivity index (χ0v) is 31.0. The summed E-state index contributed by atoms with van der Waals surface area (Å²) in [6.07, 6.45) is -34.1. The number of hydrogen-bond acceptors (Lipinski definition) is 25. The lowest BCUT2D eigenvalue weighted by molar-refractivity contribution is -0.389. The summed E-state index contributed by atoms with van der Waals surface area (Å²) in [5.74, 6) is -4.70. The molecule has 0 aliphatic carbocycles. The minimum Gasteiger partial charge on any atom is -0.548 e. The first kappa shape index (κ1) is 48.3. The van der Waals surface area contributed by atoms with Crippen LogP contribution in [0.15, 0.2) is 0 Å². The Labute approximate surface area is 328 Å². The smallest absolute Gasteiger partial charge is 0.329 e. The average Bonchev–Trinajstić information content (AvgIpc) is 3.17. The maximum absolute atomic E-state index is 11.5. The molecule has 26 nitrogen and oxygen atoms in total. The lowest BCUT2D eigenvalue weighted by Gasteiger charge is -2.50. The third-order valence-corrected chi connectivity index (χ3v) is 9.73. The van der Waals surface area contributed by atoms with E-state index in [0.29, 0.717) is 0 Å². The van der Waals surface area contributed by atoms with E-state index in [0.717, 1.165) is 7.11 Å². The molecule has 0 spiro atoms. The second-order valence-electron chi connectivity index (χ2n) is 13.8. The van der Waals surface area contributed by atoms with Gasteiger partial charge in [-0.05, 0) is 6.92 Å². The van der Waals surface area contributed by atoms with E-state index >= 15 is 0 Å². The lowest BCUT2D eigenvalue weighted by atomic mass is 9.94. The molecule has 10 unspecified atom stereocenters. The number of aliphatic carboxylic acids is 3. The first-order valence-corrected chi connectivity index (χ1v) is 17.9. The molecule has 4 fully saturated rings. The highest BCUT2D eigenvalue weighted by atomic mass is 16.8. The molecule has 0 saturated carbocycles. The molecule has 20 atom stereocenters. The normalized spacial score (nSPS) is 43.5. The van der Waals surface area contributed by atoms with Gasteiger partial charge in [0, 0.05) is 7.11 Å². The Morgan fingerprint density at radius 3 is 1.48 bits per heavy atom. The van der Waals surface area contributed by atoms with Crippen molar-refractivity contribution in [1.82, 2.24) is 0 Å². The quantitative estimate of drug-likeness (QED) is 0.0543. The van der Waals surface area contributed by atoms with Crippen molar-refractivity contribution in [2.24, 2.45) is 0 Å². The second-order valence-corrected chi connectivity index (χ2v) is 13.8. The van der Waals surface area contributed by atoms with E-state index in [4.69, 9.17) is 57.2 Å². The van der Waals surface area contributed by atoms with Crippen LogP contribution in [0.1, 0.15) is 6.92 Å². The van der Waals surface area contributed by atoms with Gasteiger partial charge >= 0.3 is 5.97 Å². The molecule has 0 bridgehead atoms. The van der Waals surface area contributed by atoms with Crippen molar-refractivity contribution in [3.8, 4) is 0 Å². The number of rotatable bonds is 20. The van der Waals surface area contributed by atoms with Crippen molar-refractivity contribution in [1.29, 1.82) is 0 Å². The fourth-order valence-corrected chi connectivity index (χ4v) is 6.85. The number of aliphatic hydroxyl groups is 9. The van der Waals surface area contributed by atoms with Crippen LogP contribution in [-0.4, -0.2) is 245 Å². The van der Waals surface area contributed by atoms with Crippen molar-refractivity contribution in [2.75, 3.05) is 53.4 Å². The molecule has 4 heterocycles. The molecule has 4 rings (SSSR count). The van der Waals surface area contributed by atoms with E-state index in [-0.39, 0.29) is 0 Å². The van der Waals surface area contributed by atoms with E-state index in [1.165, 1.54) is 6.92 Å². The number of aliphatic hydroxyl groups excluding tert-OH is 9. The van der Waals surface area contributed by atoms with Gasteiger partial charge in [0.1, 0.15) is 104 Å². The molecule has 58 heavy (non-hydrogen) atoms. The average molecular weight is 851 g/mol. The summed E-state index contributed by atoms with van der Waals surface area (Å²) in [7, 11) is 1.15. The molecule has 0 radical (unpaired) electrons. The van der Waals surface area contributed by atoms with E-state index in [2.05, 4.69) is 0 Å². The highest BCUT2D eigenvalue weighted by Gasteiger charge is 2.55. The number of hydrogen-bond donors (Lipinski definition) is 10. The van der Waals surface area contributed by atoms with E-state index in [9.17, 15) is 70.6 Å². The van der Waals surface area contributed by atoms with Crippen LogP contribution >= 0.6 is 0 Å². The molecule has 10 N–H and O–H groups in total. The topological polar surface area (TPSA) is 401 Å². The van der Waals surface area contributed by atoms with Crippen LogP contribution in [0.4, 0.5) is 0 Å². The van der Waals surface area contributed by atoms with Gasteiger partial charge in [-0.25, -0.2) is 4.79 Å². The summed E-state index contributed by atoms with van der Waals surface area (Å²) in [6, 6.07) is 0. The van der Waals surface area contributed by atoms with Gasteiger partial charge < -0.3 is 123 Å². The summed E-state index contributed by atoms with van der Waals surface area (Å²) in [6.45, 7) is -4.41. The Hall–Kier alpha value is -2.39. The van der Waals surface area contributed by atoms with Crippen LogP contribution in [-0.2, 0) is 66.5 Å². The van der Waals surface area contributed by atoms with Crippen LogP contribution in [0.25, 0.3) is 0 Å².